The highest BCUT2D eigenvalue weighted by Crippen LogP contribution is 2.32. The molecule has 0 saturated carbocycles. The number of hydrogen-bond acceptors (Lipinski definition) is 1. The van der Waals surface area contributed by atoms with Gasteiger partial charge >= 0.3 is 0 Å². The van der Waals surface area contributed by atoms with Crippen molar-refractivity contribution in [3.05, 3.63) is 34.1 Å². The number of benzene rings is 1. The van der Waals surface area contributed by atoms with Crippen LogP contribution in [-0.2, 0) is 5.60 Å². The van der Waals surface area contributed by atoms with E-state index < -0.39 is 5.60 Å². The van der Waals surface area contributed by atoms with E-state index in [4.69, 9.17) is 0 Å². The number of halogens is 2. The van der Waals surface area contributed by atoms with Crippen molar-refractivity contribution in [2.75, 3.05) is 0 Å². The van der Waals surface area contributed by atoms with Crippen LogP contribution in [0.4, 0.5) is 4.39 Å². The molecule has 0 radical (unpaired) electrons. The predicted octanol–water partition coefficient (Wildman–Crippen LogP) is 3.45. The van der Waals surface area contributed by atoms with E-state index in [1.54, 1.807) is 19.1 Å². The minimum absolute atomic E-state index is 0.0358. The fourth-order valence-corrected chi connectivity index (χ4v) is 1.56. The zero-order valence-corrected chi connectivity index (χ0v) is 10.1. The van der Waals surface area contributed by atoms with Gasteiger partial charge in [-0.3, -0.25) is 0 Å². The lowest BCUT2D eigenvalue weighted by molar-refractivity contribution is 0.00571. The summed E-state index contributed by atoms with van der Waals surface area (Å²) in [4.78, 5) is 0. The maximum absolute atomic E-state index is 13.4. The second-order valence-corrected chi connectivity index (χ2v) is 4.84. The van der Waals surface area contributed by atoms with Gasteiger partial charge in [0, 0.05) is 10.0 Å². The number of hydrogen-bond donors (Lipinski definition) is 1. The first-order valence-electron chi connectivity index (χ1n) is 4.53. The first-order chi connectivity index (χ1) is 6.35. The molecular formula is C11H14BrFO. The van der Waals surface area contributed by atoms with Crippen LogP contribution in [0.2, 0.25) is 0 Å². The summed E-state index contributed by atoms with van der Waals surface area (Å²) in [6, 6.07) is 4.60. The third-order valence-electron chi connectivity index (χ3n) is 2.60. The van der Waals surface area contributed by atoms with Gasteiger partial charge in [0.15, 0.2) is 0 Å². The molecular weight excluding hydrogens is 247 g/mol. The summed E-state index contributed by atoms with van der Waals surface area (Å²) >= 11 is 3.26. The molecule has 0 heterocycles. The van der Waals surface area contributed by atoms with Gasteiger partial charge in [0.1, 0.15) is 5.82 Å². The van der Waals surface area contributed by atoms with Gasteiger partial charge in [0.2, 0.25) is 0 Å². The molecule has 0 aliphatic heterocycles. The Hall–Kier alpha value is -0.410. The van der Waals surface area contributed by atoms with Gasteiger partial charge in [-0.05, 0) is 31.0 Å². The molecule has 14 heavy (non-hydrogen) atoms. The average molecular weight is 261 g/mol. The van der Waals surface area contributed by atoms with E-state index in [-0.39, 0.29) is 11.7 Å². The Labute approximate surface area is 92.1 Å². The van der Waals surface area contributed by atoms with Crippen molar-refractivity contribution in [1.82, 2.24) is 0 Å². The van der Waals surface area contributed by atoms with E-state index in [1.165, 1.54) is 6.07 Å². The van der Waals surface area contributed by atoms with Crippen LogP contribution in [0.3, 0.4) is 0 Å². The van der Waals surface area contributed by atoms with Crippen molar-refractivity contribution in [2.24, 2.45) is 5.92 Å². The van der Waals surface area contributed by atoms with Gasteiger partial charge in [0.25, 0.3) is 0 Å². The fourth-order valence-electron chi connectivity index (χ4n) is 1.20. The molecule has 0 saturated heterocycles. The smallest absolute Gasteiger partial charge is 0.129 e. The van der Waals surface area contributed by atoms with Crippen LogP contribution in [-0.4, -0.2) is 5.11 Å². The van der Waals surface area contributed by atoms with Crippen LogP contribution in [0.15, 0.2) is 22.7 Å². The third-order valence-corrected chi connectivity index (χ3v) is 3.09. The van der Waals surface area contributed by atoms with Gasteiger partial charge in [-0.2, -0.15) is 0 Å². The summed E-state index contributed by atoms with van der Waals surface area (Å²) in [5.74, 6) is -0.404. The maximum Gasteiger partial charge on any atom is 0.129 e. The fraction of sp³-hybridized carbons (Fsp3) is 0.455. The second kappa shape index (κ2) is 3.99. The molecule has 3 heteroatoms. The van der Waals surface area contributed by atoms with Gasteiger partial charge in [0.05, 0.1) is 5.60 Å². The minimum Gasteiger partial charge on any atom is -0.385 e. The summed E-state index contributed by atoms with van der Waals surface area (Å²) in [5.41, 5.74) is -0.796. The van der Waals surface area contributed by atoms with Gasteiger partial charge in [-0.15, -0.1) is 0 Å². The van der Waals surface area contributed by atoms with Crippen molar-refractivity contribution in [3.8, 4) is 0 Å². The molecule has 1 nitrogen and oxygen atoms in total. The Bertz CT molecular complexity index is 334. The van der Waals surface area contributed by atoms with E-state index >= 15 is 0 Å². The van der Waals surface area contributed by atoms with Gasteiger partial charge in [-0.25, -0.2) is 4.39 Å². The van der Waals surface area contributed by atoms with Crippen molar-refractivity contribution in [2.45, 2.75) is 26.4 Å². The van der Waals surface area contributed by atoms with Crippen LogP contribution in [0.5, 0.6) is 0 Å². The molecule has 0 aromatic heterocycles. The van der Waals surface area contributed by atoms with Crippen LogP contribution >= 0.6 is 15.9 Å². The van der Waals surface area contributed by atoms with Gasteiger partial charge in [-0.1, -0.05) is 29.8 Å². The van der Waals surface area contributed by atoms with Crippen LogP contribution in [0, 0.1) is 11.7 Å². The minimum atomic E-state index is -1.13. The molecule has 78 valence electrons. The Morgan fingerprint density at radius 1 is 1.43 bits per heavy atom. The molecule has 0 aliphatic carbocycles. The summed E-state index contributed by atoms with van der Waals surface area (Å²) in [7, 11) is 0. The summed E-state index contributed by atoms with van der Waals surface area (Å²) in [6.45, 7) is 5.35. The first-order valence-corrected chi connectivity index (χ1v) is 5.33. The Morgan fingerprint density at radius 2 is 2.00 bits per heavy atom. The lowest BCUT2D eigenvalue weighted by Crippen LogP contribution is -2.29. The highest BCUT2D eigenvalue weighted by Gasteiger charge is 2.30. The molecule has 1 aromatic carbocycles. The number of aliphatic hydroxyl groups is 1. The van der Waals surface area contributed by atoms with E-state index in [1.807, 2.05) is 13.8 Å². The van der Waals surface area contributed by atoms with Crippen molar-refractivity contribution >= 4 is 15.9 Å². The average Bonchev–Trinajstić information content (AvgIpc) is 2.08. The Balaban J connectivity index is 3.24. The van der Waals surface area contributed by atoms with Gasteiger partial charge < -0.3 is 5.11 Å². The standard InChI is InChI=1S/C11H14BrFO/c1-7(2)11(3,14)9-6-8(12)4-5-10(9)13/h4-7,14H,1-3H3. The van der Waals surface area contributed by atoms with Crippen molar-refractivity contribution in [3.63, 3.8) is 0 Å². The van der Waals surface area contributed by atoms with Crippen LogP contribution in [0.25, 0.3) is 0 Å². The Morgan fingerprint density at radius 3 is 2.50 bits per heavy atom. The topological polar surface area (TPSA) is 20.2 Å². The molecule has 1 unspecified atom stereocenters. The predicted molar refractivity (Wildman–Crippen MR) is 58.5 cm³/mol. The molecule has 0 bridgehead atoms. The molecule has 0 amide bonds. The Kier molecular flexibility index (Phi) is 3.32. The highest BCUT2D eigenvalue weighted by atomic mass is 79.9. The molecule has 0 aliphatic rings. The summed E-state index contributed by atoms with van der Waals surface area (Å²) in [6.07, 6.45) is 0. The SMILES string of the molecule is CC(C)C(C)(O)c1cc(Br)ccc1F. The summed E-state index contributed by atoms with van der Waals surface area (Å²) < 4.78 is 14.2. The zero-order valence-electron chi connectivity index (χ0n) is 8.51. The maximum atomic E-state index is 13.4. The monoisotopic (exact) mass is 260 g/mol. The first kappa shape index (κ1) is 11.7. The van der Waals surface area contributed by atoms with E-state index in [2.05, 4.69) is 15.9 Å². The second-order valence-electron chi connectivity index (χ2n) is 3.93. The normalized spacial score (nSPS) is 15.6. The van der Waals surface area contributed by atoms with Crippen molar-refractivity contribution < 1.29 is 9.50 Å². The van der Waals surface area contributed by atoms with Crippen LogP contribution in [0.1, 0.15) is 26.3 Å². The molecule has 1 rings (SSSR count). The molecule has 1 N–H and O–H groups in total. The summed E-state index contributed by atoms with van der Waals surface area (Å²) in [5, 5.41) is 10.1. The van der Waals surface area contributed by atoms with E-state index in [9.17, 15) is 9.50 Å². The molecule has 1 aromatic rings. The lowest BCUT2D eigenvalue weighted by Gasteiger charge is -2.28. The van der Waals surface area contributed by atoms with Crippen LogP contribution < -0.4 is 0 Å². The molecule has 0 fully saturated rings. The molecule has 1 atom stereocenters. The zero-order chi connectivity index (χ0) is 10.9. The largest absolute Gasteiger partial charge is 0.385 e. The van der Waals surface area contributed by atoms with Crippen molar-refractivity contribution in [1.29, 1.82) is 0 Å². The van der Waals surface area contributed by atoms with E-state index in [0.717, 1.165) is 4.47 Å². The van der Waals surface area contributed by atoms with E-state index in [0.29, 0.717) is 5.56 Å². The third kappa shape index (κ3) is 2.15. The highest BCUT2D eigenvalue weighted by molar-refractivity contribution is 9.10. The molecule has 0 spiro atoms. The number of rotatable bonds is 2. The quantitative estimate of drug-likeness (QED) is 0.864. The lowest BCUT2D eigenvalue weighted by atomic mass is 9.85.